The summed E-state index contributed by atoms with van der Waals surface area (Å²) in [6.07, 6.45) is 3.53. The highest BCUT2D eigenvalue weighted by Gasteiger charge is 2.17. The Labute approximate surface area is 160 Å². The Morgan fingerprint density at radius 2 is 1.71 bits per heavy atom. The fourth-order valence-electron chi connectivity index (χ4n) is 2.72. The number of benzene rings is 1. The van der Waals surface area contributed by atoms with Crippen LogP contribution in [0.1, 0.15) is 6.42 Å². The van der Waals surface area contributed by atoms with Crippen molar-refractivity contribution in [3.05, 3.63) is 30.6 Å². The first-order valence-corrected chi connectivity index (χ1v) is 15.8. The predicted molar refractivity (Wildman–Crippen MR) is 106 cm³/mol. The molecule has 0 atom stereocenters. The molecule has 2 aromatic rings. The Balaban J connectivity index is 0.00000288. The lowest BCUT2D eigenvalue weighted by atomic mass is 10.3. The van der Waals surface area contributed by atoms with Gasteiger partial charge in [0, 0.05) is 8.07 Å². The van der Waals surface area contributed by atoms with E-state index in [1.54, 1.807) is 0 Å². The molecular weight excluding hydrogens is 392 g/mol. The largest absolute Gasteiger partial charge is 1.00 e. The maximum atomic E-state index is 3.47. The molecule has 24 heavy (non-hydrogen) atoms. The highest BCUT2D eigenvalue weighted by atomic mass is 79.9. The van der Waals surface area contributed by atoms with Gasteiger partial charge < -0.3 is 17.0 Å². The number of fused-ring (bicyclic) bond motifs is 1. The van der Waals surface area contributed by atoms with Crippen LogP contribution in [0.4, 0.5) is 0 Å². The third-order valence-electron chi connectivity index (χ3n) is 3.82. The first-order chi connectivity index (χ1) is 10.7. The van der Waals surface area contributed by atoms with Crippen molar-refractivity contribution in [1.29, 1.82) is 0 Å². The van der Waals surface area contributed by atoms with E-state index in [2.05, 4.69) is 90.5 Å². The van der Waals surface area contributed by atoms with E-state index in [1.807, 2.05) is 0 Å². The van der Waals surface area contributed by atoms with Crippen molar-refractivity contribution in [3.63, 3.8) is 0 Å². The number of rotatable bonds is 5. The maximum absolute atomic E-state index is 3.47. The average Bonchev–Trinajstić information content (AvgIpc) is 2.75. The molecule has 0 radical (unpaired) electrons. The molecule has 0 saturated heterocycles. The molecule has 0 N–H and O–H groups in total. The van der Waals surface area contributed by atoms with Crippen LogP contribution in [0.25, 0.3) is 11.0 Å². The molecule has 0 saturated carbocycles. The molecular formula is C19H31BrN2Si2. The van der Waals surface area contributed by atoms with Crippen molar-refractivity contribution < 1.29 is 21.5 Å². The zero-order valence-corrected chi connectivity index (χ0v) is 19.6. The summed E-state index contributed by atoms with van der Waals surface area (Å²) in [5.41, 5.74) is 6.10. The number of aryl methyl sites for hydroxylation is 1. The summed E-state index contributed by atoms with van der Waals surface area (Å²) < 4.78 is 4.71. The van der Waals surface area contributed by atoms with Gasteiger partial charge in [0.05, 0.1) is 6.54 Å². The third-order valence-corrected chi connectivity index (χ3v) is 6.60. The summed E-state index contributed by atoms with van der Waals surface area (Å²) in [5, 5.41) is 0. The van der Waals surface area contributed by atoms with E-state index in [1.165, 1.54) is 23.5 Å². The Morgan fingerprint density at radius 3 is 2.33 bits per heavy atom. The molecule has 0 aliphatic heterocycles. The van der Waals surface area contributed by atoms with Gasteiger partial charge in [-0.3, -0.25) is 0 Å². The normalized spacial score (nSPS) is 11.8. The molecule has 1 aromatic heterocycles. The summed E-state index contributed by atoms with van der Waals surface area (Å²) in [6, 6.07) is 10.1. The van der Waals surface area contributed by atoms with E-state index in [-0.39, 0.29) is 17.0 Å². The zero-order valence-electron chi connectivity index (χ0n) is 16.0. The van der Waals surface area contributed by atoms with Crippen molar-refractivity contribution in [2.45, 2.75) is 64.8 Å². The lowest BCUT2D eigenvalue weighted by Crippen LogP contribution is -3.00. The van der Waals surface area contributed by atoms with Gasteiger partial charge in [0.15, 0.2) is 17.6 Å². The monoisotopic (exact) mass is 422 g/mol. The summed E-state index contributed by atoms with van der Waals surface area (Å²) in [5.74, 6) is 3.40. The molecule has 0 aliphatic rings. The van der Waals surface area contributed by atoms with Crippen LogP contribution in [0.2, 0.25) is 45.3 Å². The first-order valence-electron chi connectivity index (χ1n) is 8.63. The Morgan fingerprint density at radius 1 is 1.04 bits per heavy atom. The highest BCUT2D eigenvalue weighted by Crippen LogP contribution is 2.13. The van der Waals surface area contributed by atoms with Gasteiger partial charge in [-0.25, -0.2) is 9.13 Å². The summed E-state index contributed by atoms with van der Waals surface area (Å²) in [7, 11) is -2.24. The number of nitrogens with zero attached hydrogens (tertiary/aromatic N) is 2. The molecule has 0 spiro atoms. The van der Waals surface area contributed by atoms with Crippen LogP contribution in [0.3, 0.4) is 0 Å². The fourth-order valence-corrected chi connectivity index (χ4v) is 4.54. The SMILES string of the molecule is C[Si](C)(C)C#CCn1c[n+](CCC[Si](C)(C)C)c2ccccc21.[Br-]. The predicted octanol–water partition coefficient (Wildman–Crippen LogP) is 1.54. The van der Waals surface area contributed by atoms with Crippen LogP contribution in [0.15, 0.2) is 30.6 Å². The van der Waals surface area contributed by atoms with E-state index in [0.29, 0.717) is 0 Å². The van der Waals surface area contributed by atoms with E-state index in [9.17, 15) is 0 Å². The fraction of sp³-hybridized carbons (Fsp3) is 0.526. The Hall–Kier alpha value is -0.836. The molecule has 2 nitrogen and oxygen atoms in total. The Bertz CT molecular complexity index is 728. The van der Waals surface area contributed by atoms with E-state index in [4.69, 9.17) is 0 Å². The first kappa shape index (κ1) is 21.2. The van der Waals surface area contributed by atoms with Crippen molar-refractivity contribution >= 4 is 27.2 Å². The minimum Gasteiger partial charge on any atom is -1.00 e. The second kappa shape index (κ2) is 8.51. The molecule has 2 rings (SSSR count). The van der Waals surface area contributed by atoms with Gasteiger partial charge in [0.25, 0.3) is 0 Å². The van der Waals surface area contributed by atoms with Crippen LogP contribution >= 0.6 is 0 Å². The van der Waals surface area contributed by atoms with E-state index >= 15 is 0 Å². The standard InChI is InChI=1S/C19H31N2Si2.BrH/c1-22(2,3)15-9-13-20-17-21(14-10-16-23(4,5)6)19-12-8-7-11-18(19)20;/h7-8,11-12,17H,9,13-15H2,1-6H3;1H/q+1;/p-1. The van der Waals surface area contributed by atoms with Gasteiger partial charge in [0.1, 0.15) is 8.07 Å². The molecule has 1 aromatic carbocycles. The van der Waals surface area contributed by atoms with Gasteiger partial charge in [0.2, 0.25) is 6.33 Å². The van der Waals surface area contributed by atoms with Crippen LogP contribution in [0.5, 0.6) is 0 Å². The van der Waals surface area contributed by atoms with Gasteiger partial charge in [-0.05, 0) is 18.6 Å². The summed E-state index contributed by atoms with van der Waals surface area (Å²) in [6.45, 7) is 16.1. The van der Waals surface area contributed by atoms with Crippen LogP contribution < -0.4 is 21.5 Å². The number of hydrogen-bond donors (Lipinski definition) is 0. The number of hydrogen-bond acceptors (Lipinski definition) is 0. The topological polar surface area (TPSA) is 8.81 Å². The maximum Gasteiger partial charge on any atom is 0.245 e. The van der Waals surface area contributed by atoms with E-state index < -0.39 is 16.1 Å². The van der Waals surface area contributed by atoms with Gasteiger partial charge >= 0.3 is 0 Å². The molecule has 132 valence electrons. The van der Waals surface area contributed by atoms with Crippen LogP contribution in [-0.4, -0.2) is 20.7 Å². The smallest absolute Gasteiger partial charge is 0.245 e. The quantitative estimate of drug-likeness (QED) is 0.392. The lowest BCUT2D eigenvalue weighted by molar-refractivity contribution is -0.672. The molecule has 0 bridgehead atoms. The second-order valence-electron chi connectivity index (χ2n) is 8.64. The van der Waals surface area contributed by atoms with Crippen molar-refractivity contribution in [3.8, 4) is 11.5 Å². The minimum absolute atomic E-state index is 0. The van der Waals surface area contributed by atoms with Crippen molar-refractivity contribution in [2.24, 2.45) is 0 Å². The molecule has 0 amide bonds. The number of para-hydroxylation sites is 2. The second-order valence-corrected chi connectivity index (χ2v) is 19.0. The average molecular weight is 424 g/mol. The number of aromatic nitrogens is 2. The highest BCUT2D eigenvalue weighted by molar-refractivity contribution is 6.83. The van der Waals surface area contributed by atoms with Crippen molar-refractivity contribution in [1.82, 2.24) is 4.57 Å². The third kappa shape index (κ3) is 6.58. The van der Waals surface area contributed by atoms with Crippen LogP contribution in [0, 0.1) is 11.5 Å². The summed E-state index contributed by atoms with van der Waals surface area (Å²) >= 11 is 0. The summed E-state index contributed by atoms with van der Waals surface area (Å²) in [4.78, 5) is 0. The van der Waals surface area contributed by atoms with E-state index in [0.717, 1.165) is 13.1 Å². The van der Waals surface area contributed by atoms with Gasteiger partial charge in [-0.15, -0.1) is 5.54 Å². The lowest BCUT2D eigenvalue weighted by Gasteiger charge is -2.14. The van der Waals surface area contributed by atoms with Crippen molar-refractivity contribution in [2.75, 3.05) is 0 Å². The van der Waals surface area contributed by atoms with Gasteiger partial charge in [-0.2, -0.15) is 0 Å². The van der Waals surface area contributed by atoms with Gasteiger partial charge in [-0.1, -0.05) is 63.4 Å². The molecule has 0 aliphatic carbocycles. The Kier molecular flexibility index (Phi) is 7.52. The molecule has 5 heteroatoms. The number of halogens is 1. The molecule has 0 unspecified atom stereocenters. The zero-order chi connectivity index (χ0) is 17.1. The number of imidazole rings is 1. The van der Waals surface area contributed by atoms with Crippen LogP contribution in [-0.2, 0) is 13.1 Å². The minimum atomic E-state index is -1.29. The molecule has 1 heterocycles. The molecule has 0 fully saturated rings.